The molecule has 0 unspecified atom stereocenters. The van der Waals surface area contributed by atoms with Gasteiger partial charge in [0, 0.05) is 0 Å². The minimum Gasteiger partial charge on any atom is -0.544 e. The van der Waals surface area contributed by atoms with Crippen molar-refractivity contribution in [3.05, 3.63) is 6.42 Å². The molecule has 0 rings (SSSR count). The summed E-state index contributed by atoms with van der Waals surface area (Å²) in [5.74, 6) is 0.763. The molecule has 0 radical (unpaired) electrons. The summed E-state index contributed by atoms with van der Waals surface area (Å²) in [6.45, 7) is 0. The van der Waals surface area contributed by atoms with Crippen molar-refractivity contribution < 1.29 is 26.6 Å². The first-order valence-electron chi connectivity index (χ1n) is 1.32. The molecule has 2 nitrogen and oxygen atoms in total. The summed E-state index contributed by atoms with van der Waals surface area (Å²) < 4.78 is 3.96. The SMILES string of the molecule is [C-]#CC(=O)OC.[Cu+]. The Morgan fingerprint density at radius 3 is 2.29 bits per heavy atom. The smallest absolute Gasteiger partial charge is 0.544 e. The number of hydrogen-bond acceptors (Lipinski definition) is 2. The zero-order valence-electron chi connectivity index (χ0n) is 3.62. The third-order valence-corrected chi connectivity index (χ3v) is 0.287. The van der Waals surface area contributed by atoms with E-state index in [0.717, 1.165) is 0 Å². The van der Waals surface area contributed by atoms with Crippen LogP contribution in [0.2, 0.25) is 0 Å². The van der Waals surface area contributed by atoms with Gasteiger partial charge < -0.3 is 16.0 Å². The van der Waals surface area contributed by atoms with Crippen molar-refractivity contribution in [2.24, 2.45) is 0 Å². The predicted molar refractivity (Wildman–Crippen MR) is 19.1 cm³/mol. The van der Waals surface area contributed by atoms with Gasteiger partial charge in [0.25, 0.3) is 0 Å². The average Bonchev–Trinajstić information content (AvgIpc) is 1.65. The summed E-state index contributed by atoms with van der Waals surface area (Å²) in [6.07, 6.45) is 6.08. The monoisotopic (exact) mass is 146 g/mol. The molecule has 0 amide bonds. The number of hydrogen-bond donors (Lipinski definition) is 0. The van der Waals surface area contributed by atoms with Crippen LogP contribution in [-0.4, -0.2) is 13.1 Å². The molecule has 7 heavy (non-hydrogen) atoms. The number of rotatable bonds is 0. The van der Waals surface area contributed by atoms with E-state index in [1.807, 2.05) is 0 Å². The van der Waals surface area contributed by atoms with Gasteiger partial charge in [0.15, 0.2) is 0 Å². The van der Waals surface area contributed by atoms with Crippen LogP contribution < -0.4 is 0 Å². The number of ether oxygens (including phenoxy) is 1. The fraction of sp³-hybridized carbons (Fsp3) is 0.250. The van der Waals surface area contributed by atoms with Crippen molar-refractivity contribution in [2.45, 2.75) is 0 Å². The topological polar surface area (TPSA) is 26.3 Å². The van der Waals surface area contributed by atoms with Crippen LogP contribution in [0, 0.1) is 12.3 Å². The van der Waals surface area contributed by atoms with E-state index in [0.29, 0.717) is 0 Å². The summed E-state index contributed by atoms with van der Waals surface area (Å²) in [7, 11) is 1.20. The summed E-state index contributed by atoms with van der Waals surface area (Å²) in [6, 6.07) is 0. The average molecular weight is 147 g/mol. The molecule has 0 aliphatic rings. The van der Waals surface area contributed by atoms with Crippen molar-refractivity contribution in [1.82, 2.24) is 0 Å². The van der Waals surface area contributed by atoms with Gasteiger partial charge in [-0.25, -0.2) is 5.92 Å². The van der Waals surface area contributed by atoms with Crippen LogP contribution in [0.3, 0.4) is 0 Å². The Balaban J connectivity index is 0. The van der Waals surface area contributed by atoms with Gasteiger partial charge in [-0.2, -0.15) is 0 Å². The van der Waals surface area contributed by atoms with Gasteiger partial charge in [-0.15, -0.1) is 0 Å². The van der Waals surface area contributed by atoms with Crippen molar-refractivity contribution in [2.75, 3.05) is 7.11 Å². The molecular formula is C4H3CuO2. The second-order valence-electron chi connectivity index (χ2n) is 0.617. The quantitative estimate of drug-likeness (QED) is 0.204. The van der Waals surface area contributed by atoms with E-state index in [2.05, 4.69) is 4.74 Å². The molecule has 0 aliphatic carbocycles. The van der Waals surface area contributed by atoms with Crippen molar-refractivity contribution in [3.8, 4) is 5.92 Å². The summed E-state index contributed by atoms with van der Waals surface area (Å²) >= 11 is 0. The Labute approximate surface area is 52.7 Å². The van der Waals surface area contributed by atoms with E-state index in [1.54, 1.807) is 0 Å². The largest absolute Gasteiger partial charge is 1.00 e. The van der Waals surface area contributed by atoms with Crippen LogP contribution in [-0.2, 0) is 26.6 Å². The summed E-state index contributed by atoms with van der Waals surface area (Å²) in [5, 5.41) is 0. The Bertz CT molecular complexity index is 92.4. The minimum absolute atomic E-state index is 0. The molecule has 0 saturated heterocycles. The van der Waals surface area contributed by atoms with E-state index in [1.165, 1.54) is 13.0 Å². The second kappa shape index (κ2) is 5.55. The number of esters is 1. The van der Waals surface area contributed by atoms with Gasteiger partial charge in [0.05, 0.1) is 7.11 Å². The third-order valence-electron chi connectivity index (χ3n) is 0.287. The fourth-order valence-corrected chi connectivity index (χ4v) is 0.0510. The molecule has 3 heteroatoms. The molecule has 0 aromatic heterocycles. The fourth-order valence-electron chi connectivity index (χ4n) is 0.0510. The Morgan fingerprint density at radius 1 is 1.86 bits per heavy atom. The Hall–Kier alpha value is -0.451. The first-order valence-corrected chi connectivity index (χ1v) is 1.32. The maximum absolute atomic E-state index is 9.66. The first kappa shape index (κ1) is 9.75. The van der Waals surface area contributed by atoms with Gasteiger partial charge in [-0.3, -0.25) is 0 Å². The zero-order chi connectivity index (χ0) is 4.99. The first-order chi connectivity index (χ1) is 2.81. The molecule has 0 atom stereocenters. The Morgan fingerprint density at radius 2 is 2.29 bits per heavy atom. The van der Waals surface area contributed by atoms with E-state index in [-0.39, 0.29) is 17.1 Å². The van der Waals surface area contributed by atoms with Crippen molar-refractivity contribution in [3.63, 3.8) is 0 Å². The molecule has 0 N–H and O–H groups in total. The zero-order valence-corrected chi connectivity index (χ0v) is 4.56. The molecule has 0 aliphatic heterocycles. The minimum atomic E-state index is -0.741. The maximum atomic E-state index is 9.66. The van der Waals surface area contributed by atoms with Crippen LogP contribution in [0.4, 0.5) is 0 Å². The van der Waals surface area contributed by atoms with Gasteiger partial charge in [0.1, 0.15) is 0 Å². The standard InChI is InChI=1S/C4H3O2.Cu/c1-3-4(5)6-2;/h2H3;/q-1;+1. The molecular weight excluding hydrogens is 144 g/mol. The van der Waals surface area contributed by atoms with Gasteiger partial charge in [-0.05, 0) is 0 Å². The Kier molecular flexibility index (Phi) is 7.73. The maximum Gasteiger partial charge on any atom is 1.00 e. The van der Waals surface area contributed by atoms with Crippen LogP contribution in [0.15, 0.2) is 0 Å². The number of methoxy groups -OCH3 is 1. The van der Waals surface area contributed by atoms with Gasteiger partial charge in [-0.1, -0.05) is 0 Å². The molecule has 0 fully saturated rings. The number of carbonyl (C=O) groups excluding carboxylic acids is 1. The van der Waals surface area contributed by atoms with Gasteiger partial charge >= 0.3 is 17.1 Å². The summed E-state index contributed by atoms with van der Waals surface area (Å²) in [5.41, 5.74) is 0. The van der Waals surface area contributed by atoms with Gasteiger partial charge in [0.2, 0.25) is 5.97 Å². The van der Waals surface area contributed by atoms with Crippen LogP contribution in [0.1, 0.15) is 0 Å². The predicted octanol–water partition coefficient (Wildman–Crippen LogP) is -0.253. The van der Waals surface area contributed by atoms with E-state index in [9.17, 15) is 4.79 Å². The van der Waals surface area contributed by atoms with E-state index < -0.39 is 5.97 Å². The molecule has 0 aromatic carbocycles. The van der Waals surface area contributed by atoms with E-state index >= 15 is 0 Å². The number of carbonyl (C=O) groups is 1. The summed E-state index contributed by atoms with van der Waals surface area (Å²) in [4.78, 5) is 9.66. The van der Waals surface area contributed by atoms with Crippen molar-refractivity contribution >= 4 is 5.97 Å². The van der Waals surface area contributed by atoms with Crippen LogP contribution in [0.5, 0.6) is 0 Å². The molecule has 0 aromatic rings. The molecule has 0 spiro atoms. The molecule has 0 heterocycles. The van der Waals surface area contributed by atoms with Crippen LogP contribution in [0.25, 0.3) is 0 Å². The molecule has 0 bridgehead atoms. The van der Waals surface area contributed by atoms with E-state index in [4.69, 9.17) is 6.42 Å². The molecule has 0 saturated carbocycles. The van der Waals surface area contributed by atoms with Crippen molar-refractivity contribution in [1.29, 1.82) is 0 Å². The van der Waals surface area contributed by atoms with Crippen LogP contribution >= 0.6 is 0 Å². The third kappa shape index (κ3) is 5.55. The normalized spacial score (nSPS) is 5.14. The molecule has 42 valence electrons. The second-order valence-corrected chi connectivity index (χ2v) is 0.617.